The van der Waals surface area contributed by atoms with Crippen molar-refractivity contribution in [1.29, 1.82) is 0 Å². The predicted molar refractivity (Wildman–Crippen MR) is 90.1 cm³/mol. The van der Waals surface area contributed by atoms with Crippen LogP contribution in [-0.2, 0) is 0 Å². The first-order valence-electron chi connectivity index (χ1n) is 7.20. The van der Waals surface area contributed by atoms with Crippen molar-refractivity contribution >= 4 is 22.7 Å². The molecule has 2 aromatic carbocycles. The van der Waals surface area contributed by atoms with Crippen LogP contribution in [0, 0.1) is 0 Å². The normalized spacial score (nSPS) is 10.6. The minimum atomic E-state index is 0.257. The number of nitrogens with two attached hydrogens (primary N) is 1. The van der Waals surface area contributed by atoms with E-state index in [1.54, 1.807) is 0 Å². The van der Waals surface area contributed by atoms with Crippen LogP contribution in [0.1, 0.15) is 6.92 Å². The number of benzene rings is 2. The van der Waals surface area contributed by atoms with E-state index in [2.05, 4.69) is 15.3 Å². The lowest BCUT2D eigenvalue weighted by Gasteiger charge is -2.11. The van der Waals surface area contributed by atoms with Gasteiger partial charge in [-0.25, -0.2) is 4.98 Å². The number of nitrogen functional groups attached to an aromatic ring is 1. The van der Waals surface area contributed by atoms with Crippen LogP contribution in [0.3, 0.4) is 0 Å². The maximum absolute atomic E-state index is 5.78. The van der Waals surface area contributed by atoms with Gasteiger partial charge in [0.25, 0.3) is 0 Å². The molecule has 3 rings (SSSR count). The zero-order valence-corrected chi connectivity index (χ0v) is 12.6. The molecule has 0 atom stereocenters. The Morgan fingerprint density at radius 1 is 1.14 bits per heavy atom. The molecular weight excluding hydrogens is 276 g/mol. The number of fused-ring (bicyclic) bond motifs is 1. The predicted octanol–water partition coefficient (Wildman–Crippen LogP) is 3.32. The summed E-state index contributed by atoms with van der Waals surface area (Å²) in [5.74, 6) is 1.85. The average molecular weight is 294 g/mol. The molecule has 22 heavy (non-hydrogen) atoms. The van der Waals surface area contributed by atoms with Crippen LogP contribution in [-0.4, -0.2) is 23.6 Å². The highest BCUT2D eigenvalue weighted by atomic mass is 16.5. The van der Waals surface area contributed by atoms with Crippen LogP contribution in [0.2, 0.25) is 0 Å². The molecule has 0 fully saturated rings. The van der Waals surface area contributed by atoms with E-state index in [4.69, 9.17) is 10.5 Å². The summed E-state index contributed by atoms with van der Waals surface area (Å²) in [7, 11) is 1.82. The van der Waals surface area contributed by atoms with Crippen molar-refractivity contribution in [3.63, 3.8) is 0 Å². The molecule has 0 saturated carbocycles. The van der Waals surface area contributed by atoms with Gasteiger partial charge in [-0.15, -0.1) is 0 Å². The van der Waals surface area contributed by atoms with Gasteiger partial charge >= 0.3 is 0 Å². The smallest absolute Gasteiger partial charge is 0.222 e. The summed E-state index contributed by atoms with van der Waals surface area (Å²) in [5.41, 5.74) is 8.66. The average Bonchev–Trinajstić information content (AvgIpc) is 2.54. The summed E-state index contributed by atoms with van der Waals surface area (Å²) >= 11 is 0. The van der Waals surface area contributed by atoms with Gasteiger partial charge in [0.2, 0.25) is 5.95 Å². The second kappa shape index (κ2) is 5.89. The molecule has 0 aliphatic carbocycles. The second-order valence-electron chi connectivity index (χ2n) is 4.84. The van der Waals surface area contributed by atoms with Crippen LogP contribution in [0.4, 0.5) is 11.8 Å². The number of aromatic nitrogens is 2. The number of nitrogens with one attached hydrogen (secondary N) is 1. The first-order chi connectivity index (χ1) is 10.7. The van der Waals surface area contributed by atoms with E-state index >= 15 is 0 Å². The number of para-hydroxylation sites is 1. The lowest BCUT2D eigenvalue weighted by Crippen LogP contribution is -2.01. The van der Waals surface area contributed by atoms with E-state index in [-0.39, 0.29) is 5.95 Å². The SMILES string of the molecule is CCOc1ccccc1-c1ccc2c(NC)nc(N)nc2c1. The molecule has 1 heterocycles. The van der Waals surface area contributed by atoms with Gasteiger partial charge in [0.1, 0.15) is 11.6 Å². The van der Waals surface area contributed by atoms with Crippen molar-refractivity contribution in [3.8, 4) is 16.9 Å². The van der Waals surface area contributed by atoms with E-state index in [0.717, 1.165) is 33.6 Å². The maximum atomic E-state index is 5.78. The quantitative estimate of drug-likeness (QED) is 0.772. The molecule has 0 saturated heterocycles. The molecule has 0 amide bonds. The molecule has 0 aliphatic heterocycles. The van der Waals surface area contributed by atoms with Gasteiger partial charge in [0.15, 0.2) is 0 Å². The number of hydrogen-bond donors (Lipinski definition) is 2. The lowest BCUT2D eigenvalue weighted by atomic mass is 10.0. The largest absolute Gasteiger partial charge is 0.493 e. The fourth-order valence-electron chi connectivity index (χ4n) is 2.49. The topological polar surface area (TPSA) is 73.1 Å². The minimum absolute atomic E-state index is 0.257. The van der Waals surface area contributed by atoms with Crippen LogP contribution in [0.5, 0.6) is 5.75 Å². The van der Waals surface area contributed by atoms with Crippen molar-refractivity contribution in [2.75, 3.05) is 24.7 Å². The second-order valence-corrected chi connectivity index (χ2v) is 4.84. The zero-order chi connectivity index (χ0) is 15.5. The number of hydrogen-bond acceptors (Lipinski definition) is 5. The van der Waals surface area contributed by atoms with Crippen LogP contribution < -0.4 is 15.8 Å². The number of rotatable bonds is 4. The van der Waals surface area contributed by atoms with Gasteiger partial charge in [-0.2, -0.15) is 4.98 Å². The van der Waals surface area contributed by atoms with Crippen molar-refractivity contribution in [1.82, 2.24) is 9.97 Å². The lowest BCUT2D eigenvalue weighted by molar-refractivity contribution is 0.341. The van der Waals surface area contributed by atoms with E-state index in [1.165, 1.54) is 0 Å². The van der Waals surface area contributed by atoms with Gasteiger partial charge in [-0.05, 0) is 30.7 Å². The zero-order valence-electron chi connectivity index (χ0n) is 12.6. The first-order valence-corrected chi connectivity index (χ1v) is 7.20. The Bertz CT molecular complexity index is 817. The highest BCUT2D eigenvalue weighted by Gasteiger charge is 2.09. The number of ether oxygens (including phenoxy) is 1. The van der Waals surface area contributed by atoms with Gasteiger partial charge in [0.05, 0.1) is 12.1 Å². The summed E-state index contributed by atoms with van der Waals surface area (Å²) in [6, 6.07) is 14.0. The molecular formula is C17H18N4O. The molecule has 5 heteroatoms. The van der Waals surface area contributed by atoms with Crippen molar-refractivity contribution in [2.45, 2.75) is 6.92 Å². The Labute approximate surface area is 129 Å². The Morgan fingerprint density at radius 3 is 2.73 bits per heavy atom. The molecule has 1 aromatic heterocycles. The molecule has 5 nitrogen and oxygen atoms in total. The van der Waals surface area contributed by atoms with E-state index in [1.807, 2.05) is 56.4 Å². The van der Waals surface area contributed by atoms with Gasteiger partial charge in [0, 0.05) is 18.0 Å². The molecule has 0 spiro atoms. The Hall–Kier alpha value is -2.82. The van der Waals surface area contributed by atoms with Crippen molar-refractivity contribution in [3.05, 3.63) is 42.5 Å². The molecule has 112 valence electrons. The minimum Gasteiger partial charge on any atom is -0.493 e. The summed E-state index contributed by atoms with van der Waals surface area (Å²) in [6.45, 7) is 2.61. The van der Waals surface area contributed by atoms with E-state index < -0.39 is 0 Å². The molecule has 0 unspecified atom stereocenters. The summed E-state index contributed by atoms with van der Waals surface area (Å²) < 4.78 is 5.70. The van der Waals surface area contributed by atoms with E-state index in [9.17, 15) is 0 Å². The monoisotopic (exact) mass is 294 g/mol. The van der Waals surface area contributed by atoms with Gasteiger partial charge < -0.3 is 15.8 Å². The van der Waals surface area contributed by atoms with Crippen LogP contribution in [0.15, 0.2) is 42.5 Å². The number of nitrogens with zero attached hydrogens (tertiary/aromatic N) is 2. The Kier molecular flexibility index (Phi) is 3.78. The maximum Gasteiger partial charge on any atom is 0.222 e. The summed E-state index contributed by atoms with van der Waals surface area (Å²) in [4.78, 5) is 8.53. The third-order valence-electron chi connectivity index (χ3n) is 3.45. The highest BCUT2D eigenvalue weighted by molar-refractivity contribution is 5.93. The van der Waals surface area contributed by atoms with Crippen LogP contribution in [0.25, 0.3) is 22.0 Å². The Morgan fingerprint density at radius 2 is 1.95 bits per heavy atom. The molecule has 0 aliphatic rings. The summed E-state index contributed by atoms with van der Waals surface area (Å²) in [5, 5.41) is 3.99. The molecule has 3 aromatic rings. The van der Waals surface area contributed by atoms with Crippen molar-refractivity contribution < 1.29 is 4.74 Å². The molecule has 3 N–H and O–H groups in total. The fourth-order valence-corrected chi connectivity index (χ4v) is 2.49. The molecule has 0 radical (unpaired) electrons. The highest BCUT2D eigenvalue weighted by Crippen LogP contribution is 2.32. The van der Waals surface area contributed by atoms with Gasteiger partial charge in [-0.3, -0.25) is 0 Å². The number of anilines is 2. The standard InChI is InChI=1S/C17H18N4O/c1-3-22-15-7-5-4-6-12(15)11-8-9-13-14(10-11)20-17(18)21-16(13)19-2/h4-10H,3H2,1-2H3,(H3,18,19,20,21). The summed E-state index contributed by atoms with van der Waals surface area (Å²) in [6.07, 6.45) is 0. The van der Waals surface area contributed by atoms with Gasteiger partial charge in [-0.1, -0.05) is 24.3 Å². The third-order valence-corrected chi connectivity index (χ3v) is 3.45. The van der Waals surface area contributed by atoms with Crippen molar-refractivity contribution in [2.24, 2.45) is 0 Å². The Balaban J connectivity index is 2.17. The molecule has 0 bridgehead atoms. The fraction of sp³-hybridized carbons (Fsp3) is 0.176. The van der Waals surface area contributed by atoms with Crippen LogP contribution >= 0.6 is 0 Å². The van der Waals surface area contributed by atoms with E-state index in [0.29, 0.717) is 6.61 Å². The first kappa shape index (κ1) is 14.1. The third kappa shape index (κ3) is 2.53.